The second kappa shape index (κ2) is 11.3. The molecular formula is C31H24F2N8O3S. The normalized spacial score (nSPS) is 13.6. The average molecular weight is 627 g/mol. The molecule has 45 heavy (non-hydrogen) atoms. The van der Waals surface area contributed by atoms with E-state index in [2.05, 4.69) is 15.3 Å². The quantitative estimate of drug-likeness (QED) is 0.258. The summed E-state index contributed by atoms with van der Waals surface area (Å²) in [5.41, 5.74) is 4.04. The number of carbonyl (C=O) groups is 1. The third-order valence-corrected chi connectivity index (χ3v) is 9.25. The van der Waals surface area contributed by atoms with Gasteiger partial charge in [0.15, 0.2) is 11.5 Å². The first kappa shape index (κ1) is 28.4. The molecule has 4 aromatic heterocycles. The van der Waals surface area contributed by atoms with Crippen LogP contribution in [0.5, 0.6) is 0 Å². The topological polar surface area (TPSA) is 127 Å². The highest BCUT2D eigenvalue weighted by atomic mass is 32.2. The monoisotopic (exact) mass is 626 g/mol. The number of rotatable bonds is 7. The molecule has 14 heteroatoms. The van der Waals surface area contributed by atoms with E-state index in [1.165, 1.54) is 39.4 Å². The molecule has 1 aliphatic heterocycles. The van der Waals surface area contributed by atoms with Gasteiger partial charge in [0.05, 0.1) is 42.0 Å². The van der Waals surface area contributed by atoms with Crippen LogP contribution < -0.4 is 5.32 Å². The fourth-order valence-electron chi connectivity index (χ4n) is 5.30. The molecule has 0 atom stereocenters. The van der Waals surface area contributed by atoms with Gasteiger partial charge in [-0.3, -0.25) is 9.48 Å². The molecule has 0 spiro atoms. The van der Waals surface area contributed by atoms with E-state index in [1.54, 1.807) is 53.2 Å². The van der Waals surface area contributed by atoms with Gasteiger partial charge in [-0.1, -0.05) is 30.3 Å². The van der Waals surface area contributed by atoms with Gasteiger partial charge in [0, 0.05) is 29.9 Å². The average Bonchev–Trinajstić information content (AvgIpc) is 3.61. The molecule has 0 unspecified atom stereocenters. The lowest BCUT2D eigenvalue weighted by molar-refractivity contribution is 0.102. The summed E-state index contributed by atoms with van der Waals surface area (Å²) in [7, 11) is -3.67. The Hall–Kier alpha value is -5.34. The number of amides is 1. The Bertz CT molecular complexity index is 2170. The number of carbonyl (C=O) groups excluding carboxylic acids is 1. The number of benzene rings is 2. The summed E-state index contributed by atoms with van der Waals surface area (Å²) in [6.07, 6.45) is 2.71. The van der Waals surface area contributed by atoms with Gasteiger partial charge < -0.3 is 5.32 Å². The van der Waals surface area contributed by atoms with Gasteiger partial charge in [-0.05, 0) is 48.0 Å². The summed E-state index contributed by atoms with van der Waals surface area (Å²) in [5, 5.41) is 12.2. The number of fused-ring (bicyclic) bond motifs is 2. The van der Waals surface area contributed by atoms with Gasteiger partial charge in [0.2, 0.25) is 16.0 Å². The van der Waals surface area contributed by atoms with Crippen molar-refractivity contribution in [3.8, 4) is 22.5 Å². The number of anilines is 1. The fourth-order valence-corrected chi connectivity index (χ4v) is 6.77. The molecule has 0 saturated carbocycles. The van der Waals surface area contributed by atoms with Crippen molar-refractivity contribution in [1.82, 2.24) is 33.7 Å². The lowest BCUT2D eigenvalue weighted by atomic mass is 10.0. The Morgan fingerprint density at radius 2 is 1.73 bits per heavy atom. The largest absolute Gasteiger partial charge is 0.305 e. The van der Waals surface area contributed by atoms with E-state index in [4.69, 9.17) is 10.2 Å². The first-order chi connectivity index (χ1) is 21.7. The minimum absolute atomic E-state index is 0.0616. The second-order valence-electron chi connectivity index (χ2n) is 10.4. The van der Waals surface area contributed by atoms with E-state index >= 15 is 0 Å². The van der Waals surface area contributed by atoms with Gasteiger partial charge >= 0.3 is 0 Å². The van der Waals surface area contributed by atoms with Crippen LogP contribution in [0.3, 0.4) is 0 Å². The van der Waals surface area contributed by atoms with E-state index in [0.29, 0.717) is 46.0 Å². The van der Waals surface area contributed by atoms with Crippen LogP contribution in [-0.2, 0) is 28.9 Å². The van der Waals surface area contributed by atoms with Crippen molar-refractivity contribution in [2.75, 3.05) is 11.9 Å². The number of aromatic nitrogens is 6. The molecule has 5 heterocycles. The highest BCUT2D eigenvalue weighted by molar-refractivity contribution is 7.88. The summed E-state index contributed by atoms with van der Waals surface area (Å²) in [5.74, 6) is -1.69. The van der Waals surface area contributed by atoms with Gasteiger partial charge in [-0.15, -0.1) is 0 Å². The van der Waals surface area contributed by atoms with E-state index in [-0.39, 0.29) is 30.2 Å². The van der Waals surface area contributed by atoms with Crippen molar-refractivity contribution >= 4 is 27.4 Å². The summed E-state index contributed by atoms with van der Waals surface area (Å²) in [6, 6.07) is 20.7. The first-order valence-electron chi connectivity index (χ1n) is 13.9. The van der Waals surface area contributed by atoms with Crippen LogP contribution in [0.1, 0.15) is 21.6 Å². The van der Waals surface area contributed by atoms with E-state index in [9.17, 15) is 22.0 Å². The lowest BCUT2D eigenvalue weighted by Crippen LogP contribution is -2.39. The van der Waals surface area contributed by atoms with Crippen molar-refractivity contribution in [3.05, 3.63) is 120 Å². The lowest BCUT2D eigenvalue weighted by Gasteiger charge is -2.27. The highest BCUT2D eigenvalue weighted by Gasteiger charge is 2.32. The minimum Gasteiger partial charge on any atom is -0.305 e. The molecule has 0 radical (unpaired) electrons. The summed E-state index contributed by atoms with van der Waals surface area (Å²) in [4.78, 5) is 20.5. The van der Waals surface area contributed by atoms with Gasteiger partial charge in [0.1, 0.15) is 11.5 Å². The molecule has 0 bridgehead atoms. The maximum atomic E-state index is 13.8. The molecule has 0 saturated heterocycles. The predicted molar refractivity (Wildman–Crippen MR) is 161 cm³/mol. The number of nitrogens with one attached hydrogen (secondary N) is 1. The Morgan fingerprint density at radius 1 is 0.933 bits per heavy atom. The Kier molecular flexibility index (Phi) is 7.14. The van der Waals surface area contributed by atoms with Crippen LogP contribution in [0, 0.1) is 11.8 Å². The van der Waals surface area contributed by atoms with Crippen LogP contribution in [0.4, 0.5) is 14.6 Å². The van der Waals surface area contributed by atoms with Crippen molar-refractivity contribution in [3.63, 3.8) is 0 Å². The first-order valence-corrected chi connectivity index (χ1v) is 15.5. The molecule has 2 aromatic carbocycles. The zero-order valence-corrected chi connectivity index (χ0v) is 24.3. The molecular weight excluding hydrogens is 602 g/mol. The van der Waals surface area contributed by atoms with E-state index in [0.717, 1.165) is 6.07 Å². The Balaban J connectivity index is 1.26. The minimum atomic E-state index is -3.67. The van der Waals surface area contributed by atoms with Crippen LogP contribution in [0.2, 0.25) is 0 Å². The molecule has 0 aliphatic carbocycles. The van der Waals surface area contributed by atoms with Crippen molar-refractivity contribution < 1.29 is 22.0 Å². The smallest absolute Gasteiger partial charge is 0.257 e. The van der Waals surface area contributed by atoms with Crippen molar-refractivity contribution in [2.24, 2.45) is 0 Å². The maximum Gasteiger partial charge on any atom is 0.257 e. The number of hydrogen-bond acceptors (Lipinski definition) is 7. The molecule has 1 amide bonds. The van der Waals surface area contributed by atoms with Gasteiger partial charge in [0.25, 0.3) is 5.91 Å². The van der Waals surface area contributed by atoms with E-state index in [1.807, 2.05) is 6.07 Å². The van der Waals surface area contributed by atoms with Crippen LogP contribution in [-0.4, -0.2) is 54.5 Å². The number of sulfonamides is 1. The van der Waals surface area contributed by atoms with E-state index < -0.39 is 27.7 Å². The highest BCUT2D eigenvalue weighted by Crippen LogP contribution is 2.36. The standard InChI is InChI=1S/C31H24F2N8O3S/c32-23-8-6-21(7-9-23)30-29(25-17-39(14-15-40(25)38-30)45(43,44)19-20-4-2-1-3-5-20)24-10-11-28-35-27(18-41(28)37-24)36-31(42)22-12-13-34-26(33)16-22/h1-13,16,18H,14-15,17,19H2,(H,36,42). The summed E-state index contributed by atoms with van der Waals surface area (Å²) >= 11 is 0. The number of hydrogen-bond donors (Lipinski definition) is 1. The van der Waals surface area contributed by atoms with Gasteiger partial charge in [-0.2, -0.15) is 18.9 Å². The predicted octanol–water partition coefficient (Wildman–Crippen LogP) is 4.53. The molecule has 0 fully saturated rings. The maximum absolute atomic E-state index is 13.8. The second-order valence-corrected chi connectivity index (χ2v) is 12.4. The van der Waals surface area contributed by atoms with Crippen LogP contribution in [0.25, 0.3) is 28.2 Å². The number of imidazole rings is 1. The molecule has 11 nitrogen and oxygen atoms in total. The van der Waals surface area contributed by atoms with Gasteiger partial charge in [-0.25, -0.2) is 27.3 Å². The third-order valence-electron chi connectivity index (χ3n) is 7.45. The molecule has 7 rings (SSSR count). The number of pyridine rings is 1. The van der Waals surface area contributed by atoms with Crippen LogP contribution in [0.15, 0.2) is 91.3 Å². The zero-order valence-electron chi connectivity index (χ0n) is 23.5. The molecule has 226 valence electrons. The Morgan fingerprint density at radius 3 is 2.51 bits per heavy atom. The summed E-state index contributed by atoms with van der Waals surface area (Å²) < 4.78 is 59.0. The Labute approximate surface area is 255 Å². The van der Waals surface area contributed by atoms with Crippen molar-refractivity contribution in [2.45, 2.75) is 18.8 Å². The number of halogens is 2. The summed E-state index contributed by atoms with van der Waals surface area (Å²) in [6.45, 7) is 0.618. The van der Waals surface area contributed by atoms with Crippen LogP contribution >= 0.6 is 0 Å². The fraction of sp³-hybridized carbons (Fsp3) is 0.129. The molecule has 1 aliphatic rings. The zero-order chi connectivity index (χ0) is 31.1. The third kappa shape index (κ3) is 5.68. The van der Waals surface area contributed by atoms with Crippen molar-refractivity contribution in [1.29, 1.82) is 0 Å². The number of nitrogens with zero attached hydrogens (tertiary/aromatic N) is 7. The molecule has 6 aromatic rings. The SMILES string of the molecule is O=C(Nc1cn2nc(-c3c(-c4ccc(F)cc4)nn4c3CN(S(=O)(=O)Cc3ccccc3)CC4)ccc2n1)c1ccnc(F)c1. The molecule has 1 N–H and O–H groups in total.